The van der Waals surface area contributed by atoms with Crippen LogP contribution in [0.5, 0.6) is 0 Å². The van der Waals surface area contributed by atoms with Crippen LogP contribution in [-0.4, -0.2) is 45.3 Å². The Kier molecular flexibility index (Phi) is 4.19. The molecule has 136 valence electrons. The normalized spacial score (nSPS) is 13.3. The summed E-state index contributed by atoms with van der Waals surface area (Å²) in [6.45, 7) is 2.57. The van der Waals surface area contributed by atoms with E-state index in [1.807, 2.05) is 35.8 Å². The molecule has 0 radical (unpaired) electrons. The first kappa shape index (κ1) is 17.0. The van der Waals surface area contributed by atoms with Gasteiger partial charge in [-0.05, 0) is 31.2 Å². The minimum atomic E-state index is -0.429. The third-order valence-electron chi connectivity index (χ3n) is 4.68. The molecule has 0 saturated carbocycles. The Balaban J connectivity index is 1.37. The molecule has 0 unspecified atom stereocenters. The van der Waals surface area contributed by atoms with Crippen molar-refractivity contribution >= 4 is 28.8 Å². The Morgan fingerprint density at radius 1 is 1.00 bits per heavy atom. The second-order valence-electron chi connectivity index (χ2n) is 6.39. The lowest BCUT2D eigenvalue weighted by Gasteiger charge is -2.14. The predicted molar refractivity (Wildman–Crippen MR) is 99.3 cm³/mol. The Hall–Kier alpha value is -3.48. The van der Waals surface area contributed by atoms with Crippen molar-refractivity contribution in [2.75, 3.05) is 13.1 Å². The summed E-state index contributed by atoms with van der Waals surface area (Å²) in [6.07, 6.45) is 0. The number of hydrogen-bond donors (Lipinski definition) is 1. The summed E-state index contributed by atoms with van der Waals surface area (Å²) in [6, 6.07) is 14.4. The molecule has 27 heavy (non-hydrogen) atoms. The highest BCUT2D eigenvalue weighted by atomic mass is 16.2. The summed E-state index contributed by atoms with van der Waals surface area (Å²) in [5.41, 5.74) is 2.60. The van der Waals surface area contributed by atoms with Crippen molar-refractivity contribution < 1.29 is 14.4 Å². The van der Waals surface area contributed by atoms with Crippen LogP contribution in [-0.2, 0) is 11.3 Å². The summed E-state index contributed by atoms with van der Waals surface area (Å²) in [5, 5.41) is 2.77. The van der Waals surface area contributed by atoms with Crippen LogP contribution in [0, 0.1) is 6.92 Å². The maximum absolute atomic E-state index is 12.3. The van der Waals surface area contributed by atoms with Gasteiger partial charge in [-0.25, -0.2) is 4.98 Å². The smallest absolute Gasteiger partial charge is 0.262 e. The number of aromatic nitrogens is 2. The zero-order valence-corrected chi connectivity index (χ0v) is 14.8. The van der Waals surface area contributed by atoms with Gasteiger partial charge in [0.25, 0.3) is 11.8 Å². The van der Waals surface area contributed by atoms with Gasteiger partial charge in [-0.3, -0.25) is 19.3 Å². The highest BCUT2D eigenvalue weighted by Crippen LogP contribution is 2.21. The number of fused-ring (bicyclic) bond motifs is 2. The van der Waals surface area contributed by atoms with Gasteiger partial charge < -0.3 is 9.88 Å². The molecule has 3 amide bonds. The lowest BCUT2D eigenvalue weighted by Crippen LogP contribution is -2.41. The van der Waals surface area contributed by atoms with Gasteiger partial charge in [0, 0.05) is 13.1 Å². The average Bonchev–Trinajstić information content (AvgIpc) is 3.11. The average molecular weight is 362 g/mol. The third-order valence-corrected chi connectivity index (χ3v) is 4.68. The lowest BCUT2D eigenvalue weighted by atomic mass is 10.1. The fourth-order valence-corrected chi connectivity index (χ4v) is 3.37. The number of rotatable bonds is 5. The molecule has 0 atom stereocenters. The van der Waals surface area contributed by atoms with E-state index in [0.717, 1.165) is 21.8 Å². The summed E-state index contributed by atoms with van der Waals surface area (Å²) >= 11 is 0. The molecule has 4 rings (SSSR count). The topological polar surface area (TPSA) is 84.3 Å². The third kappa shape index (κ3) is 2.97. The SMILES string of the molecule is Cc1nc2ccccc2n1CCNC(=O)CN1C(=O)c2ccccc2C1=O. The van der Waals surface area contributed by atoms with E-state index in [1.54, 1.807) is 24.3 Å². The first-order valence-corrected chi connectivity index (χ1v) is 8.70. The molecule has 1 N–H and O–H groups in total. The molecule has 2 aromatic carbocycles. The van der Waals surface area contributed by atoms with Gasteiger partial charge in [-0.15, -0.1) is 0 Å². The number of nitrogens with zero attached hydrogens (tertiary/aromatic N) is 3. The number of imide groups is 1. The summed E-state index contributed by atoms with van der Waals surface area (Å²) in [4.78, 5) is 42.3. The van der Waals surface area contributed by atoms with Gasteiger partial charge in [0.15, 0.2) is 0 Å². The molecule has 0 fully saturated rings. The Labute approximate surface area is 155 Å². The first-order valence-electron chi connectivity index (χ1n) is 8.70. The van der Waals surface area contributed by atoms with E-state index in [9.17, 15) is 14.4 Å². The number of para-hydroxylation sites is 2. The highest BCUT2D eigenvalue weighted by molar-refractivity contribution is 6.22. The minimum Gasteiger partial charge on any atom is -0.353 e. The Morgan fingerprint density at radius 3 is 2.33 bits per heavy atom. The zero-order chi connectivity index (χ0) is 19.0. The quantitative estimate of drug-likeness (QED) is 0.701. The number of benzene rings is 2. The van der Waals surface area contributed by atoms with E-state index in [4.69, 9.17) is 0 Å². The molecule has 0 saturated heterocycles. The predicted octanol–water partition coefficient (Wildman–Crippen LogP) is 1.76. The molecule has 3 aromatic rings. The van der Waals surface area contributed by atoms with E-state index < -0.39 is 11.8 Å². The second-order valence-corrected chi connectivity index (χ2v) is 6.39. The number of aryl methyl sites for hydroxylation is 1. The van der Waals surface area contributed by atoms with Crippen LogP contribution >= 0.6 is 0 Å². The van der Waals surface area contributed by atoms with Crippen LogP contribution < -0.4 is 5.32 Å². The lowest BCUT2D eigenvalue weighted by molar-refractivity contribution is -0.121. The van der Waals surface area contributed by atoms with Crippen LogP contribution in [0.3, 0.4) is 0 Å². The number of carbonyl (C=O) groups excluding carboxylic acids is 3. The number of carbonyl (C=O) groups is 3. The van der Waals surface area contributed by atoms with Crippen LogP contribution in [0.2, 0.25) is 0 Å². The Bertz CT molecular complexity index is 1040. The molecule has 2 heterocycles. The van der Waals surface area contributed by atoms with Crippen molar-refractivity contribution in [2.24, 2.45) is 0 Å². The summed E-state index contributed by atoms with van der Waals surface area (Å²) < 4.78 is 2.03. The van der Waals surface area contributed by atoms with Crippen LogP contribution in [0.15, 0.2) is 48.5 Å². The van der Waals surface area contributed by atoms with Gasteiger partial charge in [-0.2, -0.15) is 0 Å². The van der Waals surface area contributed by atoms with E-state index in [1.165, 1.54) is 0 Å². The van der Waals surface area contributed by atoms with Crippen molar-refractivity contribution in [1.82, 2.24) is 19.8 Å². The second kappa shape index (κ2) is 6.68. The van der Waals surface area contributed by atoms with Crippen molar-refractivity contribution in [3.8, 4) is 0 Å². The molecule has 1 aliphatic rings. The maximum Gasteiger partial charge on any atom is 0.262 e. The molecule has 7 nitrogen and oxygen atoms in total. The molecular weight excluding hydrogens is 344 g/mol. The summed E-state index contributed by atoms with van der Waals surface area (Å²) in [5.74, 6) is -0.359. The zero-order valence-electron chi connectivity index (χ0n) is 14.8. The maximum atomic E-state index is 12.3. The standard InChI is InChI=1S/C20H18N4O3/c1-13-22-16-8-4-5-9-17(16)23(13)11-10-21-18(25)12-24-19(26)14-6-2-3-7-15(14)20(24)27/h2-9H,10-12H2,1H3,(H,21,25). The fraction of sp³-hybridized carbons (Fsp3) is 0.200. The number of nitrogens with one attached hydrogen (secondary N) is 1. The molecule has 1 aromatic heterocycles. The first-order chi connectivity index (χ1) is 13.1. The largest absolute Gasteiger partial charge is 0.353 e. The minimum absolute atomic E-state index is 0.282. The van der Waals surface area contributed by atoms with E-state index in [0.29, 0.717) is 24.2 Å². The van der Waals surface area contributed by atoms with Crippen LogP contribution in [0.1, 0.15) is 26.5 Å². The van der Waals surface area contributed by atoms with Gasteiger partial charge in [0.2, 0.25) is 5.91 Å². The monoisotopic (exact) mass is 362 g/mol. The Morgan fingerprint density at radius 2 is 1.63 bits per heavy atom. The van der Waals surface area contributed by atoms with Crippen LogP contribution in [0.4, 0.5) is 0 Å². The van der Waals surface area contributed by atoms with E-state index >= 15 is 0 Å². The van der Waals surface area contributed by atoms with Crippen molar-refractivity contribution in [3.05, 3.63) is 65.5 Å². The highest BCUT2D eigenvalue weighted by Gasteiger charge is 2.36. The molecule has 1 aliphatic heterocycles. The van der Waals surface area contributed by atoms with E-state index in [2.05, 4.69) is 10.3 Å². The van der Waals surface area contributed by atoms with Gasteiger partial charge in [0.1, 0.15) is 12.4 Å². The van der Waals surface area contributed by atoms with Crippen LogP contribution in [0.25, 0.3) is 11.0 Å². The molecule has 7 heteroatoms. The van der Waals surface area contributed by atoms with Gasteiger partial charge >= 0.3 is 0 Å². The number of amides is 3. The van der Waals surface area contributed by atoms with Crippen molar-refractivity contribution in [1.29, 1.82) is 0 Å². The van der Waals surface area contributed by atoms with Crippen molar-refractivity contribution in [3.63, 3.8) is 0 Å². The van der Waals surface area contributed by atoms with Gasteiger partial charge in [-0.1, -0.05) is 24.3 Å². The van der Waals surface area contributed by atoms with Crippen molar-refractivity contribution in [2.45, 2.75) is 13.5 Å². The fourth-order valence-electron chi connectivity index (χ4n) is 3.37. The number of imidazole rings is 1. The molecule has 0 spiro atoms. The molecule has 0 aliphatic carbocycles. The summed E-state index contributed by atoms with van der Waals surface area (Å²) in [7, 11) is 0. The van der Waals surface area contributed by atoms with Gasteiger partial charge in [0.05, 0.1) is 22.2 Å². The molecular formula is C20H18N4O3. The number of hydrogen-bond acceptors (Lipinski definition) is 4. The van der Waals surface area contributed by atoms with E-state index in [-0.39, 0.29) is 12.5 Å². The molecule has 0 bridgehead atoms.